The summed E-state index contributed by atoms with van der Waals surface area (Å²) in [5.74, 6) is 0. The highest BCUT2D eigenvalue weighted by Gasteiger charge is 2.28. The summed E-state index contributed by atoms with van der Waals surface area (Å²) < 4.78 is 32.2. The Labute approximate surface area is 138 Å². The molecule has 1 heterocycles. The number of hydrogen-bond donors (Lipinski definition) is 2. The minimum Gasteiger partial charge on any atom is -0.423 e. The zero-order valence-electron chi connectivity index (χ0n) is 11.1. The van der Waals surface area contributed by atoms with Crippen LogP contribution < -0.4 is 10.2 Å². The van der Waals surface area contributed by atoms with Gasteiger partial charge in [-0.25, -0.2) is 8.42 Å². The van der Waals surface area contributed by atoms with Crippen molar-refractivity contribution in [1.82, 2.24) is 0 Å². The first kappa shape index (κ1) is 15.6. The molecule has 2 aromatic carbocycles. The Balaban J connectivity index is 1.93. The smallest absolute Gasteiger partial charge is 0.423 e. The van der Waals surface area contributed by atoms with Crippen LogP contribution in [0.3, 0.4) is 0 Å². The summed E-state index contributed by atoms with van der Waals surface area (Å²) in [6, 6.07) is 8.91. The van der Waals surface area contributed by atoms with E-state index in [4.69, 9.17) is 27.9 Å². The average Bonchev–Trinajstić information content (AvgIpc) is 2.79. The molecule has 0 saturated carbocycles. The summed E-state index contributed by atoms with van der Waals surface area (Å²) in [5.41, 5.74) is 1.69. The van der Waals surface area contributed by atoms with Crippen LogP contribution in [0.15, 0.2) is 41.3 Å². The molecule has 2 N–H and O–H groups in total. The standard InChI is InChI=1S/C13H10BCl2NO4S/c15-9-3-10(16)5-12(4-9)22(19,20)17-11-2-1-8-7-21-14(18)13(8)6-11/h1-6,17-18H,7H2. The molecule has 114 valence electrons. The lowest BCUT2D eigenvalue weighted by Crippen LogP contribution is -2.28. The molecule has 0 unspecified atom stereocenters. The number of sulfonamides is 1. The fourth-order valence-electron chi connectivity index (χ4n) is 2.18. The molecule has 22 heavy (non-hydrogen) atoms. The van der Waals surface area contributed by atoms with Gasteiger partial charge in [-0.1, -0.05) is 29.3 Å². The fourth-order valence-corrected chi connectivity index (χ4v) is 3.95. The van der Waals surface area contributed by atoms with Gasteiger partial charge in [0.05, 0.1) is 11.5 Å². The van der Waals surface area contributed by atoms with Gasteiger partial charge in [-0.3, -0.25) is 4.72 Å². The molecule has 2 aromatic rings. The molecule has 0 atom stereocenters. The number of fused-ring (bicyclic) bond motifs is 1. The number of benzene rings is 2. The highest BCUT2D eigenvalue weighted by atomic mass is 35.5. The van der Waals surface area contributed by atoms with Crippen molar-refractivity contribution in [1.29, 1.82) is 0 Å². The lowest BCUT2D eigenvalue weighted by Gasteiger charge is -2.10. The molecule has 0 bridgehead atoms. The highest BCUT2D eigenvalue weighted by Crippen LogP contribution is 2.24. The Morgan fingerprint density at radius 2 is 1.82 bits per heavy atom. The van der Waals surface area contributed by atoms with Crippen LogP contribution in [0.4, 0.5) is 5.69 Å². The van der Waals surface area contributed by atoms with E-state index < -0.39 is 17.1 Å². The summed E-state index contributed by atoms with van der Waals surface area (Å²) in [7, 11) is -4.88. The fraction of sp³-hybridized carbons (Fsp3) is 0.0769. The van der Waals surface area contributed by atoms with Gasteiger partial charge < -0.3 is 9.68 Å². The zero-order valence-corrected chi connectivity index (χ0v) is 13.4. The third-order valence-corrected chi connectivity index (χ3v) is 5.00. The van der Waals surface area contributed by atoms with Crippen molar-refractivity contribution in [2.24, 2.45) is 0 Å². The van der Waals surface area contributed by atoms with Crippen molar-refractivity contribution in [3.05, 3.63) is 52.0 Å². The molecule has 0 aliphatic carbocycles. The Kier molecular flexibility index (Phi) is 4.09. The van der Waals surface area contributed by atoms with Crippen molar-refractivity contribution in [3.8, 4) is 0 Å². The van der Waals surface area contributed by atoms with E-state index in [1.807, 2.05) is 0 Å². The molecule has 1 aliphatic heterocycles. The first-order chi connectivity index (χ1) is 10.3. The SMILES string of the molecule is O=S(=O)(Nc1ccc2c(c1)B(O)OC2)c1cc(Cl)cc(Cl)c1. The maximum Gasteiger partial charge on any atom is 0.491 e. The van der Waals surface area contributed by atoms with E-state index in [-0.39, 0.29) is 14.9 Å². The van der Waals surface area contributed by atoms with E-state index in [2.05, 4.69) is 4.72 Å². The molecule has 3 rings (SSSR count). The van der Waals surface area contributed by atoms with Gasteiger partial charge >= 0.3 is 7.12 Å². The van der Waals surface area contributed by atoms with E-state index in [1.54, 1.807) is 12.1 Å². The van der Waals surface area contributed by atoms with Crippen molar-refractivity contribution >= 4 is 51.5 Å². The molecule has 0 fully saturated rings. The quantitative estimate of drug-likeness (QED) is 0.824. The predicted octanol–water partition coefficient (Wildman–Crippen LogP) is 2.01. The van der Waals surface area contributed by atoms with Crippen LogP contribution >= 0.6 is 23.2 Å². The van der Waals surface area contributed by atoms with Crippen molar-refractivity contribution in [2.45, 2.75) is 11.5 Å². The number of anilines is 1. The van der Waals surface area contributed by atoms with Crippen LogP contribution in [-0.4, -0.2) is 20.6 Å². The van der Waals surface area contributed by atoms with Crippen molar-refractivity contribution in [3.63, 3.8) is 0 Å². The number of hydrogen-bond acceptors (Lipinski definition) is 4. The summed E-state index contributed by atoms with van der Waals surface area (Å²) in [5, 5.41) is 10.1. The van der Waals surface area contributed by atoms with E-state index in [0.717, 1.165) is 5.56 Å². The first-order valence-corrected chi connectivity index (χ1v) is 8.50. The Morgan fingerprint density at radius 1 is 1.14 bits per heavy atom. The minimum absolute atomic E-state index is 0.0395. The molecule has 0 aromatic heterocycles. The van der Waals surface area contributed by atoms with Crippen molar-refractivity contribution in [2.75, 3.05) is 4.72 Å². The lowest BCUT2D eigenvalue weighted by molar-refractivity contribution is 0.275. The highest BCUT2D eigenvalue weighted by molar-refractivity contribution is 7.92. The molecular weight excluding hydrogens is 348 g/mol. The Hall–Kier alpha value is -1.25. The van der Waals surface area contributed by atoms with Crippen LogP contribution in [0.25, 0.3) is 0 Å². The second kappa shape index (κ2) is 5.75. The normalized spacial score (nSPS) is 14.0. The molecule has 5 nitrogen and oxygen atoms in total. The lowest BCUT2D eigenvalue weighted by atomic mass is 9.79. The van der Waals surface area contributed by atoms with Gasteiger partial charge in [0.2, 0.25) is 0 Å². The van der Waals surface area contributed by atoms with Gasteiger partial charge in [-0.05, 0) is 41.4 Å². The maximum absolute atomic E-state index is 12.4. The summed E-state index contributed by atoms with van der Waals surface area (Å²) in [4.78, 5) is -0.0395. The first-order valence-electron chi connectivity index (χ1n) is 6.26. The predicted molar refractivity (Wildman–Crippen MR) is 86.1 cm³/mol. The second-order valence-corrected chi connectivity index (χ2v) is 7.34. The van der Waals surface area contributed by atoms with E-state index in [0.29, 0.717) is 17.8 Å². The van der Waals surface area contributed by atoms with Gasteiger partial charge in [-0.2, -0.15) is 0 Å². The zero-order chi connectivity index (χ0) is 15.9. The van der Waals surface area contributed by atoms with E-state index in [1.165, 1.54) is 24.3 Å². The summed E-state index contributed by atoms with van der Waals surface area (Å²) >= 11 is 11.7. The molecule has 1 aliphatic rings. The van der Waals surface area contributed by atoms with Crippen LogP contribution in [0.2, 0.25) is 10.0 Å². The van der Waals surface area contributed by atoms with Gasteiger partial charge in [0.15, 0.2) is 0 Å². The molecule has 0 saturated heterocycles. The molecule has 9 heteroatoms. The second-order valence-electron chi connectivity index (χ2n) is 4.79. The number of halogens is 2. The van der Waals surface area contributed by atoms with Gasteiger partial charge in [0, 0.05) is 15.7 Å². The van der Waals surface area contributed by atoms with Gasteiger partial charge in [0.25, 0.3) is 10.0 Å². The molecule has 0 spiro atoms. The minimum atomic E-state index is -3.83. The van der Waals surface area contributed by atoms with E-state index in [9.17, 15) is 13.4 Å². The van der Waals surface area contributed by atoms with Crippen LogP contribution in [0.1, 0.15) is 5.56 Å². The van der Waals surface area contributed by atoms with Crippen molar-refractivity contribution < 1.29 is 18.1 Å². The monoisotopic (exact) mass is 357 g/mol. The number of nitrogens with one attached hydrogen (secondary N) is 1. The molecule has 0 amide bonds. The topological polar surface area (TPSA) is 75.6 Å². The largest absolute Gasteiger partial charge is 0.491 e. The number of rotatable bonds is 3. The maximum atomic E-state index is 12.4. The van der Waals surface area contributed by atoms with Crippen LogP contribution in [0.5, 0.6) is 0 Å². The van der Waals surface area contributed by atoms with Crippen LogP contribution in [0, 0.1) is 0 Å². The Bertz CT molecular complexity index is 824. The van der Waals surface area contributed by atoms with Gasteiger partial charge in [-0.15, -0.1) is 0 Å². The third kappa shape index (κ3) is 3.09. The molecular formula is C13H10BCl2NO4S. The van der Waals surface area contributed by atoms with Gasteiger partial charge in [0.1, 0.15) is 0 Å². The third-order valence-electron chi connectivity index (χ3n) is 3.21. The average molecular weight is 358 g/mol. The summed E-state index contributed by atoms with van der Waals surface area (Å²) in [6.45, 7) is 0.299. The van der Waals surface area contributed by atoms with E-state index >= 15 is 0 Å². The molecule has 0 radical (unpaired) electrons. The Morgan fingerprint density at radius 3 is 2.50 bits per heavy atom. The summed E-state index contributed by atoms with van der Waals surface area (Å²) in [6.07, 6.45) is 0. The van der Waals surface area contributed by atoms with Crippen LogP contribution in [-0.2, 0) is 21.3 Å².